The Labute approximate surface area is 104 Å². The summed E-state index contributed by atoms with van der Waals surface area (Å²) in [6, 6.07) is -2.29. The van der Waals surface area contributed by atoms with Crippen LogP contribution in [0.3, 0.4) is 0 Å². The van der Waals surface area contributed by atoms with Crippen molar-refractivity contribution < 1.29 is 40.8 Å². The van der Waals surface area contributed by atoms with Gasteiger partial charge in [0.2, 0.25) is 0 Å². The van der Waals surface area contributed by atoms with Crippen LogP contribution < -0.4 is 26.4 Å². The molecular weight excluding hydrogens is 244 g/mol. The highest BCUT2D eigenvalue weighted by atomic mass is 16.4. The van der Waals surface area contributed by atoms with Crippen LogP contribution in [-0.2, 0) is 14.4 Å². The molecular formula is C10H17N2O6-. The summed E-state index contributed by atoms with van der Waals surface area (Å²) in [5.74, 6) is -4.28. The Hall–Kier alpha value is -1.67. The molecule has 0 aromatic carbocycles. The van der Waals surface area contributed by atoms with Crippen LogP contribution in [0.15, 0.2) is 0 Å². The van der Waals surface area contributed by atoms with Crippen molar-refractivity contribution in [1.82, 2.24) is 0 Å². The Morgan fingerprint density at radius 1 is 1.00 bits per heavy atom. The van der Waals surface area contributed by atoms with Crippen molar-refractivity contribution in [1.29, 1.82) is 0 Å². The number of rotatable bonds is 10. The minimum atomic E-state index is -1.50. The summed E-state index contributed by atoms with van der Waals surface area (Å²) in [7, 11) is 0. The van der Waals surface area contributed by atoms with E-state index >= 15 is 0 Å². The largest absolute Gasteiger partial charge is 0.550 e. The lowest BCUT2D eigenvalue weighted by Crippen LogP contribution is -2.99. The fourth-order valence-corrected chi connectivity index (χ4v) is 1.50. The summed E-state index contributed by atoms with van der Waals surface area (Å²) >= 11 is 0. The van der Waals surface area contributed by atoms with Gasteiger partial charge in [-0.2, -0.15) is 0 Å². The summed E-state index contributed by atoms with van der Waals surface area (Å²) in [4.78, 5) is 31.8. The SMILES string of the molecule is [NH3+]CCCC([NH2+]C(CCC(=O)[O-])C(=O)[O-])C(=O)[O-]. The molecule has 0 saturated heterocycles. The third kappa shape index (κ3) is 6.81. The first-order valence-corrected chi connectivity index (χ1v) is 5.64. The molecule has 0 heterocycles. The lowest BCUT2D eigenvalue weighted by molar-refractivity contribution is -0.710. The third-order valence-corrected chi connectivity index (χ3v) is 2.49. The van der Waals surface area contributed by atoms with Crippen LogP contribution in [0.1, 0.15) is 25.7 Å². The molecule has 0 bridgehead atoms. The molecule has 0 saturated carbocycles. The van der Waals surface area contributed by atoms with Crippen LogP contribution >= 0.6 is 0 Å². The number of aliphatic carboxylic acids is 3. The minimum absolute atomic E-state index is 0.209. The molecule has 2 unspecified atom stereocenters. The highest BCUT2D eigenvalue weighted by molar-refractivity contribution is 5.72. The molecule has 0 aromatic rings. The van der Waals surface area contributed by atoms with Gasteiger partial charge >= 0.3 is 0 Å². The molecule has 5 N–H and O–H groups in total. The first-order valence-electron chi connectivity index (χ1n) is 5.64. The van der Waals surface area contributed by atoms with Gasteiger partial charge in [0.1, 0.15) is 12.1 Å². The summed E-state index contributed by atoms with van der Waals surface area (Å²) in [6.45, 7) is 0.520. The van der Waals surface area contributed by atoms with Gasteiger partial charge in [0.05, 0.1) is 18.5 Å². The fraction of sp³-hybridized carbons (Fsp3) is 0.700. The second-order valence-corrected chi connectivity index (χ2v) is 3.95. The molecule has 0 aliphatic heterocycles. The monoisotopic (exact) mass is 261 g/mol. The molecule has 0 aliphatic rings. The first-order chi connectivity index (χ1) is 8.38. The van der Waals surface area contributed by atoms with Crippen molar-refractivity contribution in [2.75, 3.05) is 6.54 Å². The fourth-order valence-electron chi connectivity index (χ4n) is 1.50. The number of carboxylic acid groups (broad SMARTS) is 3. The van der Waals surface area contributed by atoms with E-state index in [2.05, 4.69) is 5.73 Å². The topological polar surface area (TPSA) is 165 Å². The Bertz CT molecular complexity index is 307. The average Bonchev–Trinajstić information content (AvgIpc) is 2.26. The van der Waals surface area contributed by atoms with Crippen molar-refractivity contribution >= 4 is 17.9 Å². The van der Waals surface area contributed by atoms with Gasteiger partial charge in [0, 0.05) is 25.2 Å². The van der Waals surface area contributed by atoms with Gasteiger partial charge in [-0.3, -0.25) is 0 Å². The quantitative estimate of drug-likeness (QED) is 0.396. The van der Waals surface area contributed by atoms with E-state index in [1.54, 1.807) is 0 Å². The molecule has 104 valence electrons. The van der Waals surface area contributed by atoms with E-state index in [-0.39, 0.29) is 12.8 Å². The van der Waals surface area contributed by atoms with Crippen LogP contribution in [0.4, 0.5) is 0 Å². The van der Waals surface area contributed by atoms with E-state index in [1.165, 1.54) is 0 Å². The molecule has 2 atom stereocenters. The Balaban J connectivity index is 4.45. The highest BCUT2D eigenvalue weighted by Gasteiger charge is 2.21. The van der Waals surface area contributed by atoms with E-state index in [1.807, 2.05) is 0 Å². The maximum Gasteiger partial charge on any atom is 0.127 e. The number of carboxylic acids is 3. The maximum absolute atomic E-state index is 10.8. The zero-order valence-electron chi connectivity index (χ0n) is 9.92. The highest BCUT2D eigenvalue weighted by Crippen LogP contribution is 1.95. The van der Waals surface area contributed by atoms with Crippen molar-refractivity contribution in [3.8, 4) is 0 Å². The molecule has 0 aliphatic carbocycles. The van der Waals surface area contributed by atoms with Crippen LogP contribution in [-0.4, -0.2) is 36.5 Å². The average molecular weight is 261 g/mol. The smallest absolute Gasteiger partial charge is 0.127 e. The molecule has 8 nitrogen and oxygen atoms in total. The van der Waals surface area contributed by atoms with Gasteiger partial charge in [-0.15, -0.1) is 0 Å². The van der Waals surface area contributed by atoms with Gasteiger partial charge in [-0.1, -0.05) is 0 Å². The van der Waals surface area contributed by atoms with Crippen LogP contribution in [0.25, 0.3) is 0 Å². The van der Waals surface area contributed by atoms with Crippen LogP contribution in [0.5, 0.6) is 0 Å². The van der Waals surface area contributed by atoms with Gasteiger partial charge in [-0.05, 0) is 6.42 Å². The summed E-state index contributed by atoms with van der Waals surface area (Å²) in [5, 5.41) is 32.9. The van der Waals surface area contributed by atoms with Crippen LogP contribution in [0.2, 0.25) is 0 Å². The minimum Gasteiger partial charge on any atom is -0.550 e. The van der Waals surface area contributed by atoms with E-state index in [0.29, 0.717) is 13.0 Å². The van der Waals surface area contributed by atoms with Gasteiger partial charge in [-0.25, -0.2) is 0 Å². The number of carbonyl (C=O) groups excluding carboxylic acids is 3. The second-order valence-electron chi connectivity index (χ2n) is 3.95. The standard InChI is InChI=1S/C10H18N2O6/c11-5-1-2-6(9(15)16)12-7(10(17)18)3-4-8(13)14/h6-7,12H,1-5,11H2,(H,13,14)(H,15,16)(H,17,18)/p-1. The number of carbonyl (C=O) groups is 3. The van der Waals surface area contributed by atoms with E-state index < -0.39 is 36.4 Å². The van der Waals surface area contributed by atoms with Gasteiger partial charge in [0.25, 0.3) is 0 Å². The maximum atomic E-state index is 10.8. The van der Waals surface area contributed by atoms with Crippen molar-refractivity contribution in [2.24, 2.45) is 0 Å². The Morgan fingerprint density at radius 3 is 1.89 bits per heavy atom. The molecule has 0 aromatic heterocycles. The van der Waals surface area contributed by atoms with E-state index in [0.717, 1.165) is 5.32 Å². The Kier molecular flexibility index (Phi) is 7.64. The normalized spacial score (nSPS) is 13.8. The number of hydrogen-bond acceptors (Lipinski definition) is 6. The third-order valence-electron chi connectivity index (χ3n) is 2.49. The number of hydrogen-bond donors (Lipinski definition) is 2. The second kappa shape index (κ2) is 8.43. The lowest BCUT2D eigenvalue weighted by Gasteiger charge is -2.23. The Morgan fingerprint density at radius 2 is 1.50 bits per heavy atom. The van der Waals surface area contributed by atoms with Crippen LogP contribution in [0, 0.1) is 0 Å². The molecule has 0 fully saturated rings. The molecule has 0 spiro atoms. The van der Waals surface area contributed by atoms with E-state index in [4.69, 9.17) is 0 Å². The lowest BCUT2D eigenvalue weighted by atomic mass is 10.1. The van der Waals surface area contributed by atoms with Gasteiger partial charge < -0.3 is 40.8 Å². The molecule has 8 heteroatoms. The van der Waals surface area contributed by atoms with Crippen molar-refractivity contribution in [2.45, 2.75) is 37.8 Å². The molecule has 18 heavy (non-hydrogen) atoms. The summed E-state index contributed by atoms with van der Waals surface area (Å²) in [5.41, 5.74) is 3.55. The zero-order chi connectivity index (χ0) is 14.1. The summed E-state index contributed by atoms with van der Waals surface area (Å²) in [6.07, 6.45) is -0.000591. The zero-order valence-corrected chi connectivity index (χ0v) is 9.92. The summed E-state index contributed by atoms with van der Waals surface area (Å²) < 4.78 is 0. The van der Waals surface area contributed by atoms with Crippen molar-refractivity contribution in [3.05, 3.63) is 0 Å². The van der Waals surface area contributed by atoms with Gasteiger partial charge in [0.15, 0.2) is 0 Å². The predicted octanol–water partition coefficient (Wildman–Crippen LogP) is -6.66. The molecule has 0 radical (unpaired) electrons. The number of quaternary nitrogens is 2. The molecule has 0 amide bonds. The number of nitrogens with two attached hydrogens (primary N) is 1. The van der Waals surface area contributed by atoms with Crippen molar-refractivity contribution in [3.63, 3.8) is 0 Å². The first kappa shape index (κ1) is 16.3. The molecule has 0 rings (SSSR count). The predicted molar refractivity (Wildman–Crippen MR) is 50.7 cm³/mol. The van der Waals surface area contributed by atoms with E-state index in [9.17, 15) is 29.7 Å².